The van der Waals surface area contributed by atoms with Crippen LogP contribution in [-0.2, 0) is 11.3 Å². The van der Waals surface area contributed by atoms with Gasteiger partial charge >= 0.3 is 5.97 Å². The van der Waals surface area contributed by atoms with E-state index in [9.17, 15) is 9.18 Å². The van der Waals surface area contributed by atoms with Gasteiger partial charge in [-0.2, -0.15) is 0 Å². The van der Waals surface area contributed by atoms with Crippen molar-refractivity contribution in [2.45, 2.75) is 6.54 Å². The molecule has 0 bridgehead atoms. The van der Waals surface area contributed by atoms with Crippen molar-refractivity contribution in [3.8, 4) is 0 Å². The predicted octanol–water partition coefficient (Wildman–Crippen LogP) is 3.94. The minimum absolute atomic E-state index is 0.257. The SMILES string of the molecule is COC(=O)c1ccc(F)c(NCc2ccc(Cl)s2)c1. The lowest BCUT2D eigenvalue weighted by Gasteiger charge is -2.08. The monoisotopic (exact) mass is 299 g/mol. The van der Waals surface area contributed by atoms with E-state index in [-0.39, 0.29) is 5.69 Å². The van der Waals surface area contributed by atoms with Gasteiger partial charge in [0.15, 0.2) is 0 Å². The smallest absolute Gasteiger partial charge is 0.337 e. The van der Waals surface area contributed by atoms with Crippen molar-refractivity contribution in [3.63, 3.8) is 0 Å². The molecule has 0 unspecified atom stereocenters. The summed E-state index contributed by atoms with van der Waals surface area (Å²) < 4.78 is 18.9. The molecule has 1 N–H and O–H groups in total. The van der Waals surface area contributed by atoms with Gasteiger partial charge in [-0.05, 0) is 30.3 Å². The molecule has 1 heterocycles. The second kappa shape index (κ2) is 6.04. The number of carbonyl (C=O) groups is 1. The molecular formula is C13H11ClFNO2S. The van der Waals surface area contributed by atoms with E-state index in [0.717, 1.165) is 4.88 Å². The highest BCUT2D eigenvalue weighted by Gasteiger charge is 2.10. The molecule has 0 amide bonds. The van der Waals surface area contributed by atoms with E-state index in [1.807, 2.05) is 6.07 Å². The molecule has 0 fully saturated rings. The molecule has 0 spiro atoms. The molecule has 0 saturated carbocycles. The maximum Gasteiger partial charge on any atom is 0.337 e. The zero-order valence-corrected chi connectivity index (χ0v) is 11.6. The number of methoxy groups -OCH3 is 1. The lowest BCUT2D eigenvalue weighted by atomic mass is 10.2. The molecule has 0 aliphatic rings. The molecule has 2 aromatic rings. The number of thiophene rings is 1. The number of rotatable bonds is 4. The summed E-state index contributed by atoms with van der Waals surface area (Å²) in [6.07, 6.45) is 0. The largest absolute Gasteiger partial charge is 0.465 e. The first-order valence-corrected chi connectivity index (χ1v) is 6.65. The average molecular weight is 300 g/mol. The van der Waals surface area contributed by atoms with Crippen LogP contribution < -0.4 is 5.32 Å². The molecule has 0 saturated heterocycles. The van der Waals surface area contributed by atoms with Crippen LogP contribution in [0, 0.1) is 5.82 Å². The van der Waals surface area contributed by atoms with Gasteiger partial charge in [0.2, 0.25) is 0 Å². The second-order valence-electron chi connectivity index (χ2n) is 3.75. The maximum atomic E-state index is 13.6. The number of carbonyl (C=O) groups excluding carboxylic acids is 1. The standard InChI is InChI=1S/C13H11ClFNO2S/c1-18-13(17)8-2-4-10(15)11(6-8)16-7-9-3-5-12(14)19-9/h2-6,16H,7H2,1H3. The fourth-order valence-electron chi connectivity index (χ4n) is 1.53. The summed E-state index contributed by atoms with van der Waals surface area (Å²) in [5.41, 5.74) is 0.558. The third-order valence-electron chi connectivity index (χ3n) is 2.47. The number of hydrogen-bond acceptors (Lipinski definition) is 4. The fourth-order valence-corrected chi connectivity index (χ4v) is 2.56. The number of hydrogen-bond donors (Lipinski definition) is 1. The van der Waals surface area contributed by atoms with Gasteiger partial charge in [-0.25, -0.2) is 9.18 Å². The van der Waals surface area contributed by atoms with Gasteiger partial charge in [0, 0.05) is 11.4 Å². The van der Waals surface area contributed by atoms with E-state index in [2.05, 4.69) is 10.1 Å². The molecule has 3 nitrogen and oxygen atoms in total. The molecule has 0 atom stereocenters. The Morgan fingerprint density at radius 2 is 2.21 bits per heavy atom. The van der Waals surface area contributed by atoms with Gasteiger partial charge in [0.1, 0.15) is 5.82 Å². The van der Waals surface area contributed by atoms with Crippen LogP contribution in [0.25, 0.3) is 0 Å². The Kier molecular flexibility index (Phi) is 4.39. The number of ether oxygens (including phenoxy) is 1. The molecule has 1 aromatic carbocycles. The van der Waals surface area contributed by atoms with Crippen molar-refractivity contribution in [2.75, 3.05) is 12.4 Å². The molecule has 6 heteroatoms. The van der Waals surface area contributed by atoms with Gasteiger partial charge in [-0.3, -0.25) is 0 Å². The van der Waals surface area contributed by atoms with Crippen molar-refractivity contribution in [1.29, 1.82) is 0 Å². The van der Waals surface area contributed by atoms with E-state index < -0.39 is 11.8 Å². The number of nitrogens with one attached hydrogen (secondary N) is 1. The van der Waals surface area contributed by atoms with Crippen molar-refractivity contribution in [3.05, 3.63) is 50.9 Å². The molecule has 2 rings (SSSR count). The number of anilines is 1. The third kappa shape index (κ3) is 3.45. The van der Waals surface area contributed by atoms with E-state index in [1.165, 1.54) is 36.6 Å². The van der Waals surface area contributed by atoms with Crippen molar-refractivity contribution in [1.82, 2.24) is 0 Å². The Morgan fingerprint density at radius 1 is 1.42 bits per heavy atom. The lowest BCUT2D eigenvalue weighted by molar-refractivity contribution is 0.0600. The fraction of sp³-hybridized carbons (Fsp3) is 0.154. The van der Waals surface area contributed by atoms with Gasteiger partial charge in [-0.15, -0.1) is 11.3 Å². The molecule has 0 radical (unpaired) electrons. The zero-order valence-electron chi connectivity index (χ0n) is 10.1. The van der Waals surface area contributed by atoms with E-state index >= 15 is 0 Å². The van der Waals surface area contributed by atoms with Crippen molar-refractivity contribution >= 4 is 34.6 Å². The van der Waals surface area contributed by atoms with E-state index in [4.69, 9.17) is 11.6 Å². The van der Waals surface area contributed by atoms with Crippen LogP contribution in [0.5, 0.6) is 0 Å². The van der Waals surface area contributed by atoms with Gasteiger partial charge in [0.25, 0.3) is 0 Å². The first-order valence-electron chi connectivity index (χ1n) is 5.46. The highest BCUT2D eigenvalue weighted by Crippen LogP contribution is 2.23. The molecule has 19 heavy (non-hydrogen) atoms. The molecule has 0 aliphatic heterocycles. The average Bonchev–Trinajstić information content (AvgIpc) is 2.82. The Hall–Kier alpha value is -1.59. The molecular weight excluding hydrogens is 289 g/mol. The number of benzene rings is 1. The highest BCUT2D eigenvalue weighted by molar-refractivity contribution is 7.16. The number of halogens is 2. The quantitative estimate of drug-likeness (QED) is 0.869. The zero-order chi connectivity index (χ0) is 13.8. The van der Waals surface area contributed by atoms with Crippen LogP contribution in [0.2, 0.25) is 4.34 Å². The second-order valence-corrected chi connectivity index (χ2v) is 5.55. The normalized spacial score (nSPS) is 10.3. The van der Waals surface area contributed by atoms with Crippen LogP contribution in [0.15, 0.2) is 30.3 Å². The summed E-state index contributed by atoms with van der Waals surface area (Å²) in [5.74, 6) is -0.919. The first-order chi connectivity index (χ1) is 9.10. The summed E-state index contributed by atoms with van der Waals surface area (Å²) in [6.45, 7) is 0.443. The van der Waals surface area contributed by atoms with E-state index in [1.54, 1.807) is 6.07 Å². The Balaban J connectivity index is 2.12. The lowest BCUT2D eigenvalue weighted by Crippen LogP contribution is -2.05. The summed E-state index contributed by atoms with van der Waals surface area (Å²) >= 11 is 7.23. The van der Waals surface area contributed by atoms with E-state index in [0.29, 0.717) is 16.4 Å². The van der Waals surface area contributed by atoms with Crippen LogP contribution in [0.3, 0.4) is 0 Å². The van der Waals surface area contributed by atoms with Crippen LogP contribution >= 0.6 is 22.9 Å². The maximum absolute atomic E-state index is 13.6. The summed E-state index contributed by atoms with van der Waals surface area (Å²) in [4.78, 5) is 12.3. The minimum atomic E-state index is -0.498. The van der Waals surface area contributed by atoms with Crippen LogP contribution in [0.1, 0.15) is 15.2 Å². The minimum Gasteiger partial charge on any atom is -0.465 e. The topological polar surface area (TPSA) is 38.3 Å². The summed E-state index contributed by atoms with van der Waals surface area (Å²) in [5, 5.41) is 2.93. The molecule has 0 aliphatic carbocycles. The highest BCUT2D eigenvalue weighted by atomic mass is 35.5. The van der Waals surface area contributed by atoms with Gasteiger partial charge in [0.05, 0.1) is 22.7 Å². The van der Waals surface area contributed by atoms with Crippen molar-refractivity contribution < 1.29 is 13.9 Å². The summed E-state index contributed by atoms with van der Waals surface area (Å²) in [7, 11) is 1.28. The third-order valence-corrected chi connectivity index (χ3v) is 3.70. The van der Waals surface area contributed by atoms with Gasteiger partial charge < -0.3 is 10.1 Å². The van der Waals surface area contributed by atoms with Crippen molar-refractivity contribution in [2.24, 2.45) is 0 Å². The number of esters is 1. The molecule has 100 valence electrons. The molecule has 1 aromatic heterocycles. The first kappa shape index (κ1) is 13.8. The van der Waals surface area contributed by atoms with Crippen LogP contribution in [-0.4, -0.2) is 13.1 Å². The van der Waals surface area contributed by atoms with Gasteiger partial charge in [-0.1, -0.05) is 11.6 Å². The Morgan fingerprint density at radius 3 is 2.84 bits per heavy atom. The Bertz CT molecular complexity index is 600. The van der Waals surface area contributed by atoms with Crippen LogP contribution in [0.4, 0.5) is 10.1 Å². The predicted molar refractivity (Wildman–Crippen MR) is 74.4 cm³/mol. The summed E-state index contributed by atoms with van der Waals surface area (Å²) in [6, 6.07) is 7.69. The Labute approximate surface area is 119 Å².